The Labute approximate surface area is 150 Å². The summed E-state index contributed by atoms with van der Waals surface area (Å²) < 4.78 is 10.9. The minimum absolute atomic E-state index is 0.120. The Morgan fingerprint density at radius 2 is 2.12 bits per heavy atom. The summed E-state index contributed by atoms with van der Waals surface area (Å²) in [7, 11) is 1.49. The molecule has 2 N–H and O–H groups in total. The fourth-order valence-corrected chi connectivity index (χ4v) is 2.68. The van der Waals surface area contributed by atoms with Gasteiger partial charge in [0.1, 0.15) is 11.5 Å². The molecule has 2 amide bonds. The Bertz CT molecular complexity index is 838. The first-order valence-electron chi connectivity index (χ1n) is 7.68. The number of carbonyl (C=O) groups excluding carboxylic acids is 2. The molecule has 1 atom stereocenters. The van der Waals surface area contributed by atoms with E-state index in [9.17, 15) is 9.59 Å². The van der Waals surface area contributed by atoms with Gasteiger partial charge >= 0.3 is 0 Å². The highest BCUT2D eigenvalue weighted by atomic mass is 35.5. The van der Waals surface area contributed by atoms with Crippen LogP contribution in [0.15, 0.2) is 36.4 Å². The van der Waals surface area contributed by atoms with Crippen molar-refractivity contribution in [1.82, 2.24) is 0 Å². The zero-order valence-corrected chi connectivity index (χ0v) is 14.5. The van der Waals surface area contributed by atoms with Crippen LogP contribution in [-0.4, -0.2) is 25.0 Å². The van der Waals surface area contributed by atoms with Crippen LogP contribution in [0.25, 0.3) is 0 Å². The lowest BCUT2D eigenvalue weighted by Gasteiger charge is -2.25. The number of hydrogen-bond acceptors (Lipinski definition) is 4. The number of rotatable bonds is 4. The molecule has 2 aromatic rings. The average molecular weight is 361 g/mol. The van der Waals surface area contributed by atoms with Gasteiger partial charge in [0.15, 0.2) is 6.10 Å². The molecule has 0 aliphatic carbocycles. The standard InChI is InChI=1S/C18H17ClN2O4/c1-10-7-13(15(24-2)8-11(10)19)20-17(22)9-16-18(23)21-12-5-3-4-6-14(12)25-16/h3-8,16H,9H2,1-2H3,(H,20,22)(H,21,23)/t16-/m1/s1. The number of anilines is 2. The Balaban J connectivity index is 1.71. The molecule has 0 fully saturated rings. The van der Waals surface area contributed by atoms with E-state index in [1.54, 1.807) is 36.4 Å². The number of benzene rings is 2. The van der Waals surface area contributed by atoms with E-state index >= 15 is 0 Å². The number of para-hydroxylation sites is 2. The van der Waals surface area contributed by atoms with Gasteiger partial charge in [-0.2, -0.15) is 0 Å². The number of methoxy groups -OCH3 is 1. The molecule has 0 radical (unpaired) electrons. The quantitative estimate of drug-likeness (QED) is 0.876. The van der Waals surface area contributed by atoms with E-state index in [4.69, 9.17) is 21.1 Å². The number of carbonyl (C=O) groups is 2. The van der Waals surface area contributed by atoms with Crippen molar-refractivity contribution >= 4 is 34.8 Å². The molecule has 0 bridgehead atoms. The van der Waals surface area contributed by atoms with Gasteiger partial charge in [-0.25, -0.2) is 0 Å². The minimum atomic E-state index is -0.894. The molecule has 1 heterocycles. The summed E-state index contributed by atoms with van der Waals surface area (Å²) in [5.74, 6) is 0.274. The van der Waals surface area contributed by atoms with Crippen molar-refractivity contribution in [2.24, 2.45) is 0 Å². The molecule has 0 spiro atoms. The second-order valence-electron chi connectivity index (χ2n) is 5.65. The predicted octanol–water partition coefficient (Wildman–Crippen LogP) is 3.39. The molecule has 2 aromatic carbocycles. The highest BCUT2D eigenvalue weighted by Crippen LogP contribution is 2.32. The molecule has 1 aliphatic rings. The summed E-state index contributed by atoms with van der Waals surface area (Å²) in [6.07, 6.45) is -1.01. The Morgan fingerprint density at radius 1 is 1.36 bits per heavy atom. The Morgan fingerprint density at radius 3 is 2.88 bits per heavy atom. The van der Waals surface area contributed by atoms with Crippen molar-refractivity contribution in [3.63, 3.8) is 0 Å². The van der Waals surface area contributed by atoms with Crippen LogP contribution in [0.5, 0.6) is 11.5 Å². The van der Waals surface area contributed by atoms with E-state index in [-0.39, 0.29) is 18.2 Å². The van der Waals surface area contributed by atoms with Crippen LogP contribution in [0.3, 0.4) is 0 Å². The normalized spacial score (nSPS) is 15.6. The number of hydrogen-bond donors (Lipinski definition) is 2. The van der Waals surface area contributed by atoms with Crippen molar-refractivity contribution in [2.45, 2.75) is 19.4 Å². The van der Waals surface area contributed by atoms with Gasteiger partial charge in [-0.3, -0.25) is 9.59 Å². The molecule has 1 aliphatic heterocycles. The molecule has 0 saturated carbocycles. The summed E-state index contributed by atoms with van der Waals surface area (Å²) in [6.45, 7) is 1.83. The fraction of sp³-hybridized carbons (Fsp3) is 0.222. The van der Waals surface area contributed by atoms with E-state index in [1.807, 2.05) is 6.92 Å². The molecular weight excluding hydrogens is 344 g/mol. The smallest absolute Gasteiger partial charge is 0.266 e. The third kappa shape index (κ3) is 3.69. The molecule has 0 aromatic heterocycles. The van der Waals surface area contributed by atoms with E-state index in [1.165, 1.54) is 7.11 Å². The van der Waals surface area contributed by atoms with Gasteiger partial charge in [-0.1, -0.05) is 23.7 Å². The van der Waals surface area contributed by atoms with Gasteiger partial charge in [0.2, 0.25) is 5.91 Å². The second kappa shape index (κ2) is 7.03. The fourth-order valence-electron chi connectivity index (χ4n) is 2.53. The van der Waals surface area contributed by atoms with E-state index in [0.29, 0.717) is 27.9 Å². The van der Waals surface area contributed by atoms with Gasteiger partial charge in [-0.15, -0.1) is 0 Å². The lowest BCUT2D eigenvalue weighted by molar-refractivity contribution is -0.128. The van der Waals surface area contributed by atoms with Gasteiger partial charge < -0.3 is 20.1 Å². The van der Waals surface area contributed by atoms with Crippen LogP contribution < -0.4 is 20.1 Å². The zero-order valence-electron chi connectivity index (χ0n) is 13.8. The number of halogens is 1. The van der Waals surface area contributed by atoms with Crippen molar-refractivity contribution < 1.29 is 19.1 Å². The van der Waals surface area contributed by atoms with Gasteiger partial charge in [0.25, 0.3) is 5.91 Å². The van der Waals surface area contributed by atoms with Gasteiger partial charge in [0.05, 0.1) is 24.9 Å². The number of amides is 2. The van der Waals surface area contributed by atoms with Crippen LogP contribution in [0.2, 0.25) is 5.02 Å². The monoisotopic (exact) mass is 360 g/mol. The third-order valence-corrected chi connectivity index (χ3v) is 4.24. The van der Waals surface area contributed by atoms with E-state index in [2.05, 4.69) is 10.6 Å². The minimum Gasteiger partial charge on any atom is -0.495 e. The third-order valence-electron chi connectivity index (χ3n) is 3.83. The topological polar surface area (TPSA) is 76.7 Å². The second-order valence-corrected chi connectivity index (χ2v) is 6.05. The van der Waals surface area contributed by atoms with Gasteiger partial charge in [0, 0.05) is 11.1 Å². The molecule has 0 unspecified atom stereocenters. The molecule has 0 saturated heterocycles. The number of ether oxygens (including phenoxy) is 2. The van der Waals surface area contributed by atoms with Crippen molar-refractivity contribution in [3.8, 4) is 11.5 Å². The first-order valence-corrected chi connectivity index (χ1v) is 8.06. The summed E-state index contributed by atoms with van der Waals surface area (Å²) in [6, 6.07) is 10.4. The van der Waals surface area contributed by atoms with E-state index < -0.39 is 6.10 Å². The predicted molar refractivity (Wildman–Crippen MR) is 95.5 cm³/mol. The highest BCUT2D eigenvalue weighted by molar-refractivity contribution is 6.31. The van der Waals surface area contributed by atoms with Crippen LogP contribution in [0.1, 0.15) is 12.0 Å². The van der Waals surface area contributed by atoms with Crippen LogP contribution in [0.4, 0.5) is 11.4 Å². The molecule has 3 rings (SSSR count). The highest BCUT2D eigenvalue weighted by Gasteiger charge is 2.29. The SMILES string of the molecule is COc1cc(Cl)c(C)cc1NC(=O)C[C@H]1Oc2ccccc2NC1=O. The maximum absolute atomic E-state index is 12.3. The van der Waals surface area contributed by atoms with Crippen molar-refractivity contribution in [3.05, 3.63) is 47.0 Å². The van der Waals surface area contributed by atoms with Crippen LogP contribution >= 0.6 is 11.6 Å². The molecule has 130 valence electrons. The largest absolute Gasteiger partial charge is 0.495 e. The van der Waals surface area contributed by atoms with Crippen molar-refractivity contribution in [2.75, 3.05) is 17.7 Å². The Kier molecular flexibility index (Phi) is 4.81. The molecular formula is C18H17ClN2O4. The maximum atomic E-state index is 12.3. The van der Waals surface area contributed by atoms with Crippen LogP contribution in [-0.2, 0) is 9.59 Å². The first kappa shape index (κ1) is 17.1. The summed E-state index contributed by atoms with van der Waals surface area (Å²) in [4.78, 5) is 24.5. The number of fused-ring (bicyclic) bond motifs is 1. The zero-order chi connectivity index (χ0) is 18.0. The first-order chi connectivity index (χ1) is 12.0. The average Bonchev–Trinajstić information content (AvgIpc) is 2.58. The summed E-state index contributed by atoms with van der Waals surface area (Å²) in [5.41, 5.74) is 1.89. The van der Waals surface area contributed by atoms with E-state index in [0.717, 1.165) is 5.56 Å². The maximum Gasteiger partial charge on any atom is 0.266 e. The van der Waals surface area contributed by atoms with Crippen LogP contribution in [0, 0.1) is 6.92 Å². The summed E-state index contributed by atoms with van der Waals surface area (Å²) in [5, 5.41) is 6.01. The molecule has 25 heavy (non-hydrogen) atoms. The molecule has 7 heteroatoms. The van der Waals surface area contributed by atoms with Gasteiger partial charge in [-0.05, 0) is 30.7 Å². The number of nitrogens with one attached hydrogen (secondary N) is 2. The lowest BCUT2D eigenvalue weighted by Crippen LogP contribution is -2.39. The van der Waals surface area contributed by atoms with Crippen molar-refractivity contribution in [1.29, 1.82) is 0 Å². The number of aryl methyl sites for hydroxylation is 1. The Hall–Kier alpha value is -2.73. The summed E-state index contributed by atoms with van der Waals surface area (Å²) >= 11 is 6.06. The molecule has 6 nitrogen and oxygen atoms in total. The lowest BCUT2D eigenvalue weighted by atomic mass is 10.1.